The van der Waals surface area contributed by atoms with Gasteiger partial charge >= 0.3 is 12.0 Å². The van der Waals surface area contributed by atoms with E-state index >= 15 is 0 Å². The molecule has 0 saturated carbocycles. The molecular formula is C22H27N3O4. The van der Waals surface area contributed by atoms with Crippen molar-refractivity contribution < 1.29 is 19.5 Å². The average Bonchev–Trinajstić information content (AvgIpc) is 2.71. The Hall–Kier alpha value is -3.35. The van der Waals surface area contributed by atoms with Gasteiger partial charge in [0.25, 0.3) is 0 Å². The molecular weight excluding hydrogens is 370 g/mol. The van der Waals surface area contributed by atoms with Gasteiger partial charge in [0.2, 0.25) is 5.91 Å². The fraction of sp³-hybridized carbons (Fsp3) is 0.318. The molecule has 0 radical (unpaired) electrons. The van der Waals surface area contributed by atoms with Crippen molar-refractivity contribution in [1.29, 1.82) is 0 Å². The summed E-state index contributed by atoms with van der Waals surface area (Å²) >= 11 is 0. The SMILES string of the molecule is CN(C)c1ccc(CNC(=O)N(CCc2ccccc2)C(=O)CCC(=O)O)cc1. The molecule has 0 fully saturated rings. The number of rotatable bonds is 9. The van der Waals surface area contributed by atoms with E-state index in [0.29, 0.717) is 6.42 Å². The summed E-state index contributed by atoms with van der Waals surface area (Å²) in [5.74, 6) is -1.56. The summed E-state index contributed by atoms with van der Waals surface area (Å²) in [6.45, 7) is 0.467. The summed E-state index contributed by atoms with van der Waals surface area (Å²) in [6.07, 6.45) is -0.0143. The topological polar surface area (TPSA) is 90.0 Å². The first-order valence-corrected chi connectivity index (χ1v) is 9.47. The van der Waals surface area contributed by atoms with Gasteiger partial charge in [-0.15, -0.1) is 0 Å². The molecule has 0 aliphatic heterocycles. The van der Waals surface area contributed by atoms with Crippen LogP contribution < -0.4 is 10.2 Å². The summed E-state index contributed by atoms with van der Waals surface area (Å²) < 4.78 is 0. The number of carbonyl (C=O) groups excluding carboxylic acids is 2. The van der Waals surface area contributed by atoms with Crippen LogP contribution in [0.3, 0.4) is 0 Å². The minimum atomic E-state index is -1.07. The van der Waals surface area contributed by atoms with E-state index in [1.165, 1.54) is 0 Å². The molecule has 0 saturated heterocycles. The van der Waals surface area contributed by atoms with E-state index in [0.717, 1.165) is 21.7 Å². The van der Waals surface area contributed by atoms with E-state index in [1.807, 2.05) is 73.6 Å². The minimum Gasteiger partial charge on any atom is -0.481 e. The highest BCUT2D eigenvalue weighted by Crippen LogP contribution is 2.12. The molecule has 2 aromatic carbocycles. The maximum atomic E-state index is 12.6. The lowest BCUT2D eigenvalue weighted by Gasteiger charge is -2.21. The van der Waals surface area contributed by atoms with Gasteiger partial charge in [0, 0.05) is 39.3 Å². The lowest BCUT2D eigenvalue weighted by atomic mass is 10.1. The fourth-order valence-electron chi connectivity index (χ4n) is 2.76. The zero-order chi connectivity index (χ0) is 21.2. The second-order valence-corrected chi connectivity index (χ2v) is 6.89. The van der Waals surface area contributed by atoms with E-state index in [-0.39, 0.29) is 25.9 Å². The third kappa shape index (κ3) is 7.29. The number of aliphatic carboxylic acids is 1. The van der Waals surface area contributed by atoms with Crippen molar-refractivity contribution in [2.24, 2.45) is 0 Å². The Morgan fingerprint density at radius 3 is 2.14 bits per heavy atom. The minimum absolute atomic E-state index is 0.188. The van der Waals surface area contributed by atoms with Gasteiger partial charge in [-0.05, 0) is 29.7 Å². The zero-order valence-corrected chi connectivity index (χ0v) is 16.8. The van der Waals surface area contributed by atoms with Gasteiger partial charge in [-0.2, -0.15) is 0 Å². The smallest absolute Gasteiger partial charge is 0.324 e. The van der Waals surface area contributed by atoms with Crippen LogP contribution in [0, 0.1) is 0 Å². The van der Waals surface area contributed by atoms with Crippen molar-refractivity contribution >= 4 is 23.6 Å². The summed E-state index contributed by atoms with van der Waals surface area (Å²) in [5.41, 5.74) is 2.95. The van der Waals surface area contributed by atoms with Crippen molar-refractivity contribution in [3.05, 3.63) is 65.7 Å². The van der Waals surface area contributed by atoms with Gasteiger partial charge < -0.3 is 15.3 Å². The van der Waals surface area contributed by atoms with E-state index in [4.69, 9.17) is 5.11 Å². The quantitative estimate of drug-likeness (QED) is 0.679. The first kappa shape index (κ1) is 21.9. The van der Waals surface area contributed by atoms with Crippen molar-refractivity contribution in [2.45, 2.75) is 25.8 Å². The Kier molecular flexibility index (Phi) is 8.21. The Balaban J connectivity index is 2.00. The molecule has 3 amide bonds. The number of carbonyl (C=O) groups is 3. The molecule has 0 spiro atoms. The molecule has 7 nitrogen and oxygen atoms in total. The van der Waals surface area contributed by atoms with Crippen LogP contribution in [0.5, 0.6) is 0 Å². The van der Waals surface area contributed by atoms with Gasteiger partial charge in [0.15, 0.2) is 0 Å². The predicted octanol–water partition coefficient (Wildman–Crippen LogP) is 2.90. The Labute approximate surface area is 170 Å². The van der Waals surface area contributed by atoms with E-state index in [1.54, 1.807) is 0 Å². The van der Waals surface area contributed by atoms with Crippen LogP contribution in [0.2, 0.25) is 0 Å². The molecule has 7 heteroatoms. The Morgan fingerprint density at radius 2 is 1.55 bits per heavy atom. The van der Waals surface area contributed by atoms with Crippen molar-refractivity contribution in [3.63, 3.8) is 0 Å². The maximum Gasteiger partial charge on any atom is 0.324 e. The summed E-state index contributed by atoms with van der Waals surface area (Å²) in [6, 6.07) is 16.7. The monoisotopic (exact) mass is 397 g/mol. The van der Waals surface area contributed by atoms with Gasteiger partial charge in [-0.3, -0.25) is 14.5 Å². The number of anilines is 1. The molecule has 0 bridgehead atoms. The van der Waals surface area contributed by atoms with Crippen LogP contribution in [0.25, 0.3) is 0 Å². The van der Waals surface area contributed by atoms with Crippen LogP contribution in [0.1, 0.15) is 24.0 Å². The number of hydrogen-bond donors (Lipinski definition) is 2. The van der Waals surface area contributed by atoms with E-state index < -0.39 is 17.9 Å². The third-order valence-electron chi connectivity index (χ3n) is 4.46. The van der Waals surface area contributed by atoms with Crippen molar-refractivity contribution in [3.8, 4) is 0 Å². The molecule has 2 N–H and O–H groups in total. The van der Waals surface area contributed by atoms with Gasteiger partial charge in [-0.1, -0.05) is 42.5 Å². The molecule has 29 heavy (non-hydrogen) atoms. The van der Waals surface area contributed by atoms with Gasteiger partial charge in [0.1, 0.15) is 0 Å². The van der Waals surface area contributed by atoms with Gasteiger partial charge in [0.05, 0.1) is 6.42 Å². The number of amides is 3. The highest BCUT2D eigenvalue weighted by Gasteiger charge is 2.21. The molecule has 0 atom stereocenters. The highest BCUT2D eigenvalue weighted by atomic mass is 16.4. The fourth-order valence-corrected chi connectivity index (χ4v) is 2.76. The van der Waals surface area contributed by atoms with Crippen LogP contribution in [-0.4, -0.2) is 48.6 Å². The zero-order valence-electron chi connectivity index (χ0n) is 16.8. The lowest BCUT2D eigenvalue weighted by Crippen LogP contribution is -2.44. The molecule has 0 heterocycles. The van der Waals surface area contributed by atoms with Crippen LogP contribution in [0.4, 0.5) is 10.5 Å². The van der Waals surface area contributed by atoms with E-state index in [9.17, 15) is 14.4 Å². The molecule has 2 rings (SSSR count). The molecule has 154 valence electrons. The van der Waals surface area contributed by atoms with Crippen molar-refractivity contribution in [1.82, 2.24) is 10.2 Å². The highest BCUT2D eigenvalue weighted by molar-refractivity contribution is 5.95. The summed E-state index contributed by atoms with van der Waals surface area (Å²) in [7, 11) is 3.90. The number of nitrogens with one attached hydrogen (secondary N) is 1. The van der Waals surface area contributed by atoms with Crippen LogP contribution in [-0.2, 0) is 22.6 Å². The number of hydrogen-bond acceptors (Lipinski definition) is 4. The molecule has 0 unspecified atom stereocenters. The van der Waals surface area contributed by atoms with Crippen molar-refractivity contribution in [2.75, 3.05) is 25.5 Å². The number of carboxylic acid groups (broad SMARTS) is 1. The molecule has 2 aromatic rings. The predicted molar refractivity (Wildman–Crippen MR) is 112 cm³/mol. The molecule has 0 aromatic heterocycles. The summed E-state index contributed by atoms with van der Waals surface area (Å²) in [5, 5.41) is 11.6. The standard InChI is InChI=1S/C22H27N3O4/c1-24(2)19-10-8-18(9-11-19)16-23-22(29)25(20(26)12-13-21(27)28)15-14-17-6-4-3-5-7-17/h3-11H,12-16H2,1-2H3,(H,23,29)(H,27,28). The number of imide groups is 1. The number of nitrogens with zero attached hydrogens (tertiary/aromatic N) is 2. The van der Waals surface area contributed by atoms with Gasteiger partial charge in [-0.25, -0.2) is 4.79 Å². The Bertz CT molecular complexity index is 820. The normalized spacial score (nSPS) is 10.3. The Morgan fingerprint density at radius 1 is 0.897 bits per heavy atom. The van der Waals surface area contributed by atoms with Crippen LogP contribution in [0.15, 0.2) is 54.6 Å². The lowest BCUT2D eigenvalue weighted by molar-refractivity contribution is -0.140. The molecule has 0 aliphatic rings. The maximum absolute atomic E-state index is 12.6. The molecule has 0 aliphatic carbocycles. The second kappa shape index (κ2) is 10.8. The van der Waals surface area contributed by atoms with E-state index in [2.05, 4.69) is 5.32 Å². The first-order valence-electron chi connectivity index (χ1n) is 9.47. The second-order valence-electron chi connectivity index (χ2n) is 6.89. The summed E-state index contributed by atoms with van der Waals surface area (Å²) in [4.78, 5) is 38.9. The first-order chi connectivity index (χ1) is 13.9. The largest absolute Gasteiger partial charge is 0.481 e. The number of urea groups is 1. The number of carboxylic acids is 1. The van der Waals surface area contributed by atoms with Crippen LogP contribution >= 0.6 is 0 Å². The number of benzene rings is 2. The average molecular weight is 397 g/mol. The third-order valence-corrected chi connectivity index (χ3v) is 4.46.